The Balaban J connectivity index is 2.51. The molecule has 0 radical (unpaired) electrons. The first-order valence-corrected chi connectivity index (χ1v) is 8.65. The van der Waals surface area contributed by atoms with Crippen LogP contribution in [0.15, 0.2) is 29.2 Å². The number of hydrogen-bond acceptors (Lipinski definition) is 3. The van der Waals surface area contributed by atoms with Crippen LogP contribution in [0.25, 0.3) is 0 Å². The van der Waals surface area contributed by atoms with Crippen LogP contribution in [0, 0.1) is 13.8 Å². The molecule has 0 aliphatic carbocycles. The van der Waals surface area contributed by atoms with Crippen molar-refractivity contribution in [3.8, 4) is 0 Å². The number of para-hydroxylation sites is 1. The van der Waals surface area contributed by atoms with Crippen LogP contribution in [-0.4, -0.2) is 18.2 Å². The predicted molar refractivity (Wildman–Crippen MR) is 88.6 cm³/mol. The minimum absolute atomic E-state index is 0.155. The average molecular weight is 321 g/mol. The van der Waals surface area contributed by atoms with Crippen LogP contribution in [0.3, 0.4) is 0 Å². The summed E-state index contributed by atoms with van der Waals surface area (Å²) in [5.74, 6) is 0. The zero-order valence-electron chi connectivity index (χ0n) is 13.9. The summed E-state index contributed by atoms with van der Waals surface area (Å²) in [6, 6.07) is 7.48. The number of nitrogens with zero attached hydrogens (tertiary/aromatic N) is 2. The van der Waals surface area contributed by atoms with Gasteiger partial charge in [-0.3, -0.25) is 9.40 Å². The van der Waals surface area contributed by atoms with Gasteiger partial charge in [0.25, 0.3) is 10.0 Å². The molecule has 0 aliphatic heterocycles. The Morgan fingerprint density at radius 2 is 1.73 bits per heavy atom. The first kappa shape index (κ1) is 16.5. The molecule has 2 aromatic rings. The van der Waals surface area contributed by atoms with E-state index >= 15 is 0 Å². The summed E-state index contributed by atoms with van der Waals surface area (Å²) >= 11 is 0. The lowest BCUT2D eigenvalue weighted by molar-refractivity contribution is 0.590. The van der Waals surface area contributed by atoms with Gasteiger partial charge < -0.3 is 0 Å². The van der Waals surface area contributed by atoms with E-state index in [0.29, 0.717) is 17.1 Å². The van der Waals surface area contributed by atoms with Crippen molar-refractivity contribution in [3.05, 3.63) is 41.2 Å². The molecule has 0 bridgehead atoms. The van der Waals surface area contributed by atoms with Crippen LogP contribution in [0.1, 0.15) is 37.7 Å². The molecule has 0 saturated heterocycles. The molecule has 1 N–H and O–H groups in total. The molecule has 0 saturated carbocycles. The fraction of sp³-hybridized carbons (Fsp3) is 0.438. The van der Waals surface area contributed by atoms with Crippen LogP contribution in [-0.2, 0) is 22.5 Å². The van der Waals surface area contributed by atoms with Crippen molar-refractivity contribution in [2.24, 2.45) is 7.05 Å². The Bertz CT molecular complexity index is 799. The van der Waals surface area contributed by atoms with Gasteiger partial charge in [-0.15, -0.1) is 0 Å². The third-order valence-corrected chi connectivity index (χ3v) is 5.31. The molecule has 0 amide bonds. The van der Waals surface area contributed by atoms with E-state index in [2.05, 4.69) is 30.6 Å². The molecule has 5 nitrogen and oxygen atoms in total. The van der Waals surface area contributed by atoms with E-state index in [9.17, 15) is 8.42 Å². The maximum absolute atomic E-state index is 12.8. The molecule has 6 heteroatoms. The summed E-state index contributed by atoms with van der Waals surface area (Å²) in [5.41, 5.74) is 2.53. The SMILES string of the molecule is Cc1nn(C)c(C)c1S(=O)(=O)Nc1ccccc1C(C)(C)C. The number of hydrogen-bond donors (Lipinski definition) is 1. The highest BCUT2D eigenvalue weighted by Crippen LogP contribution is 2.31. The van der Waals surface area contributed by atoms with Crippen molar-refractivity contribution in [1.29, 1.82) is 0 Å². The highest BCUT2D eigenvalue weighted by molar-refractivity contribution is 7.92. The largest absolute Gasteiger partial charge is 0.279 e. The Morgan fingerprint density at radius 1 is 1.14 bits per heavy atom. The Morgan fingerprint density at radius 3 is 2.23 bits per heavy atom. The van der Waals surface area contributed by atoms with Gasteiger partial charge in [-0.25, -0.2) is 8.42 Å². The lowest BCUT2D eigenvalue weighted by Crippen LogP contribution is -2.20. The topological polar surface area (TPSA) is 64.0 Å². The average Bonchev–Trinajstić information content (AvgIpc) is 2.62. The molecule has 0 aliphatic rings. The summed E-state index contributed by atoms with van der Waals surface area (Å²) in [6.45, 7) is 9.63. The van der Waals surface area contributed by atoms with Crippen molar-refractivity contribution in [2.45, 2.75) is 44.9 Å². The highest BCUT2D eigenvalue weighted by Gasteiger charge is 2.26. The summed E-state index contributed by atoms with van der Waals surface area (Å²) < 4.78 is 29.8. The second-order valence-corrected chi connectivity index (χ2v) is 8.14. The van der Waals surface area contributed by atoms with Crippen molar-refractivity contribution in [3.63, 3.8) is 0 Å². The summed E-state index contributed by atoms with van der Waals surface area (Å²) in [6.07, 6.45) is 0. The number of anilines is 1. The number of rotatable bonds is 3. The molecule has 0 fully saturated rings. The van der Waals surface area contributed by atoms with Crippen molar-refractivity contribution < 1.29 is 8.42 Å². The zero-order chi connectivity index (χ0) is 16.7. The third kappa shape index (κ3) is 3.02. The lowest BCUT2D eigenvalue weighted by atomic mass is 9.86. The second kappa shape index (κ2) is 5.43. The first-order valence-electron chi connectivity index (χ1n) is 7.16. The molecule has 0 spiro atoms. The first-order chi connectivity index (χ1) is 10.0. The van der Waals surface area contributed by atoms with E-state index < -0.39 is 10.0 Å². The van der Waals surface area contributed by atoms with E-state index in [-0.39, 0.29) is 10.3 Å². The number of nitrogens with one attached hydrogen (secondary N) is 1. The molecule has 120 valence electrons. The Kier molecular flexibility index (Phi) is 4.08. The highest BCUT2D eigenvalue weighted by atomic mass is 32.2. The summed E-state index contributed by atoms with van der Waals surface area (Å²) in [7, 11) is -1.93. The van der Waals surface area contributed by atoms with Gasteiger partial charge in [0.05, 0.1) is 17.1 Å². The minimum atomic E-state index is -3.67. The van der Waals surface area contributed by atoms with E-state index in [1.807, 2.05) is 18.2 Å². The molecule has 0 unspecified atom stereocenters. The van der Waals surface area contributed by atoms with Crippen LogP contribution in [0.2, 0.25) is 0 Å². The predicted octanol–water partition coefficient (Wildman–Crippen LogP) is 3.14. The minimum Gasteiger partial charge on any atom is -0.279 e. The van der Waals surface area contributed by atoms with Gasteiger partial charge >= 0.3 is 0 Å². The van der Waals surface area contributed by atoms with Crippen LogP contribution < -0.4 is 4.72 Å². The zero-order valence-corrected chi connectivity index (χ0v) is 14.7. The van der Waals surface area contributed by atoms with Crippen molar-refractivity contribution in [1.82, 2.24) is 9.78 Å². The summed E-state index contributed by atoms with van der Waals surface area (Å²) in [5, 5.41) is 4.19. The van der Waals surface area contributed by atoms with Gasteiger partial charge in [0.2, 0.25) is 0 Å². The van der Waals surface area contributed by atoms with E-state index in [4.69, 9.17) is 0 Å². The van der Waals surface area contributed by atoms with E-state index in [0.717, 1.165) is 5.56 Å². The van der Waals surface area contributed by atoms with E-state index in [1.165, 1.54) is 0 Å². The number of aryl methyl sites for hydroxylation is 2. The number of benzene rings is 1. The number of aromatic nitrogens is 2. The normalized spacial score (nSPS) is 12.5. The van der Waals surface area contributed by atoms with Gasteiger partial charge in [-0.1, -0.05) is 39.0 Å². The molecule has 1 heterocycles. The third-order valence-electron chi connectivity index (χ3n) is 3.69. The summed E-state index contributed by atoms with van der Waals surface area (Å²) in [4.78, 5) is 0.249. The molecular weight excluding hydrogens is 298 g/mol. The fourth-order valence-electron chi connectivity index (χ4n) is 2.56. The standard InChI is InChI=1S/C16H23N3O2S/c1-11-15(12(2)19(6)17-11)22(20,21)18-14-10-8-7-9-13(14)16(3,4)5/h7-10,18H,1-6H3. The second-order valence-electron chi connectivity index (χ2n) is 6.52. The lowest BCUT2D eigenvalue weighted by Gasteiger charge is -2.23. The van der Waals surface area contributed by atoms with Crippen molar-refractivity contribution >= 4 is 15.7 Å². The van der Waals surface area contributed by atoms with Crippen LogP contribution in [0.4, 0.5) is 5.69 Å². The number of sulfonamides is 1. The molecule has 1 aromatic heterocycles. The molecule has 1 aromatic carbocycles. The van der Waals surface area contributed by atoms with Gasteiger partial charge in [-0.05, 0) is 30.9 Å². The Hall–Kier alpha value is -1.82. The van der Waals surface area contributed by atoms with E-state index in [1.54, 1.807) is 31.6 Å². The Labute approximate surface area is 132 Å². The van der Waals surface area contributed by atoms with Gasteiger partial charge in [0.15, 0.2) is 0 Å². The molecule has 22 heavy (non-hydrogen) atoms. The maximum atomic E-state index is 12.8. The fourth-order valence-corrected chi connectivity index (χ4v) is 4.09. The van der Waals surface area contributed by atoms with Crippen LogP contribution >= 0.6 is 0 Å². The van der Waals surface area contributed by atoms with Gasteiger partial charge in [-0.2, -0.15) is 5.10 Å². The van der Waals surface area contributed by atoms with Gasteiger partial charge in [0, 0.05) is 7.05 Å². The maximum Gasteiger partial charge on any atom is 0.265 e. The molecule has 0 atom stereocenters. The smallest absolute Gasteiger partial charge is 0.265 e. The molecule has 2 rings (SSSR count). The monoisotopic (exact) mass is 321 g/mol. The van der Waals surface area contributed by atoms with Crippen molar-refractivity contribution in [2.75, 3.05) is 4.72 Å². The quantitative estimate of drug-likeness (QED) is 0.944. The van der Waals surface area contributed by atoms with Crippen LogP contribution in [0.5, 0.6) is 0 Å². The molecular formula is C16H23N3O2S. The van der Waals surface area contributed by atoms with Gasteiger partial charge in [0.1, 0.15) is 4.90 Å².